The molecule has 3 heterocycles. The van der Waals surface area contributed by atoms with Crippen molar-refractivity contribution in [2.24, 2.45) is 5.73 Å². The second-order valence-corrected chi connectivity index (χ2v) is 8.14. The standard InChI is InChI=1S/C23H31N5O/c24-22(29)20-7-8-21(18-9-12-25-13-10-18)27-23(20)26-19-5-3-17(4-6-19)11-16-28-14-1-2-15-28/h3-8,18,25H,1-2,9-16H2,(H2,24,29)(H,26,27). The zero-order valence-electron chi connectivity index (χ0n) is 17.0. The van der Waals surface area contributed by atoms with Crippen molar-refractivity contribution in [3.05, 3.63) is 53.2 Å². The molecule has 2 aromatic rings. The third-order valence-electron chi connectivity index (χ3n) is 6.07. The number of anilines is 2. The average molecular weight is 394 g/mol. The van der Waals surface area contributed by atoms with Gasteiger partial charge in [0.2, 0.25) is 0 Å². The van der Waals surface area contributed by atoms with E-state index in [-0.39, 0.29) is 0 Å². The maximum Gasteiger partial charge on any atom is 0.252 e. The van der Waals surface area contributed by atoms with Crippen LogP contribution in [0.15, 0.2) is 36.4 Å². The topological polar surface area (TPSA) is 83.3 Å². The molecule has 29 heavy (non-hydrogen) atoms. The van der Waals surface area contributed by atoms with Crippen LogP contribution in [0.2, 0.25) is 0 Å². The van der Waals surface area contributed by atoms with Gasteiger partial charge in [0.1, 0.15) is 5.82 Å². The fraction of sp³-hybridized carbons (Fsp3) is 0.478. The second kappa shape index (κ2) is 9.37. The molecule has 1 amide bonds. The molecule has 4 N–H and O–H groups in total. The largest absolute Gasteiger partial charge is 0.365 e. The first-order valence-electron chi connectivity index (χ1n) is 10.8. The minimum atomic E-state index is -0.459. The molecular weight excluding hydrogens is 362 g/mol. The molecule has 0 atom stereocenters. The average Bonchev–Trinajstić information content (AvgIpc) is 3.27. The number of primary amides is 1. The van der Waals surface area contributed by atoms with Crippen LogP contribution in [-0.4, -0.2) is 48.5 Å². The zero-order valence-corrected chi connectivity index (χ0v) is 17.0. The lowest BCUT2D eigenvalue weighted by Crippen LogP contribution is -2.27. The van der Waals surface area contributed by atoms with Crippen molar-refractivity contribution in [1.82, 2.24) is 15.2 Å². The van der Waals surface area contributed by atoms with Gasteiger partial charge in [0.05, 0.1) is 5.56 Å². The van der Waals surface area contributed by atoms with E-state index in [1.165, 1.54) is 31.5 Å². The summed E-state index contributed by atoms with van der Waals surface area (Å²) in [7, 11) is 0. The molecule has 0 bridgehead atoms. The van der Waals surface area contributed by atoms with E-state index in [1.807, 2.05) is 6.07 Å². The number of amides is 1. The van der Waals surface area contributed by atoms with Crippen LogP contribution in [0.5, 0.6) is 0 Å². The Bertz CT molecular complexity index is 824. The van der Waals surface area contributed by atoms with Gasteiger partial charge >= 0.3 is 0 Å². The third kappa shape index (κ3) is 5.14. The molecule has 4 rings (SSSR count). The van der Waals surface area contributed by atoms with E-state index in [4.69, 9.17) is 10.7 Å². The molecule has 6 heteroatoms. The summed E-state index contributed by atoms with van der Waals surface area (Å²) in [5.41, 5.74) is 9.30. The Hall–Kier alpha value is -2.44. The van der Waals surface area contributed by atoms with Crippen LogP contribution in [0, 0.1) is 0 Å². The van der Waals surface area contributed by atoms with Gasteiger partial charge in [-0.3, -0.25) is 4.79 Å². The highest BCUT2D eigenvalue weighted by atomic mass is 16.1. The fourth-order valence-corrected chi connectivity index (χ4v) is 4.30. The minimum Gasteiger partial charge on any atom is -0.365 e. The van der Waals surface area contributed by atoms with Gasteiger partial charge in [-0.05, 0) is 88.1 Å². The Morgan fingerprint density at radius 2 is 1.83 bits per heavy atom. The Kier molecular flexibility index (Phi) is 6.42. The predicted molar refractivity (Wildman–Crippen MR) is 117 cm³/mol. The number of piperidine rings is 1. The maximum atomic E-state index is 11.9. The van der Waals surface area contributed by atoms with Crippen molar-refractivity contribution in [3.8, 4) is 0 Å². The van der Waals surface area contributed by atoms with E-state index < -0.39 is 5.91 Å². The molecule has 6 nitrogen and oxygen atoms in total. The lowest BCUT2D eigenvalue weighted by Gasteiger charge is -2.23. The fourth-order valence-electron chi connectivity index (χ4n) is 4.30. The van der Waals surface area contributed by atoms with E-state index >= 15 is 0 Å². The molecule has 2 aliphatic heterocycles. The number of carbonyl (C=O) groups excluding carboxylic acids is 1. The van der Waals surface area contributed by atoms with Crippen LogP contribution in [0.4, 0.5) is 11.5 Å². The number of nitrogens with zero attached hydrogens (tertiary/aromatic N) is 2. The summed E-state index contributed by atoms with van der Waals surface area (Å²) in [5, 5.41) is 6.70. The molecule has 0 spiro atoms. The van der Waals surface area contributed by atoms with Gasteiger partial charge in [-0.15, -0.1) is 0 Å². The lowest BCUT2D eigenvalue weighted by atomic mass is 9.94. The number of nitrogens with two attached hydrogens (primary N) is 1. The van der Waals surface area contributed by atoms with Crippen LogP contribution >= 0.6 is 0 Å². The Balaban J connectivity index is 1.45. The highest BCUT2D eigenvalue weighted by molar-refractivity contribution is 5.98. The molecule has 154 valence electrons. The normalized spacial score (nSPS) is 18.1. The van der Waals surface area contributed by atoms with Gasteiger partial charge in [0.15, 0.2) is 0 Å². The highest BCUT2D eigenvalue weighted by Gasteiger charge is 2.19. The first-order valence-corrected chi connectivity index (χ1v) is 10.8. The first kappa shape index (κ1) is 19.9. The van der Waals surface area contributed by atoms with E-state index in [2.05, 4.69) is 39.8 Å². The molecule has 1 aromatic heterocycles. The van der Waals surface area contributed by atoms with Gasteiger partial charge in [-0.25, -0.2) is 4.98 Å². The summed E-state index contributed by atoms with van der Waals surface area (Å²) >= 11 is 0. The molecule has 2 aliphatic rings. The summed E-state index contributed by atoms with van der Waals surface area (Å²) < 4.78 is 0. The number of benzene rings is 1. The number of nitrogens with one attached hydrogen (secondary N) is 2. The van der Waals surface area contributed by atoms with Gasteiger partial charge in [-0.2, -0.15) is 0 Å². The number of rotatable bonds is 7. The number of aromatic nitrogens is 1. The minimum absolute atomic E-state index is 0.423. The highest BCUT2D eigenvalue weighted by Crippen LogP contribution is 2.27. The van der Waals surface area contributed by atoms with Crippen molar-refractivity contribution in [2.45, 2.75) is 38.0 Å². The Morgan fingerprint density at radius 1 is 1.10 bits per heavy atom. The summed E-state index contributed by atoms with van der Waals surface area (Å²) in [6.07, 6.45) is 5.85. The zero-order chi connectivity index (χ0) is 20.1. The van der Waals surface area contributed by atoms with E-state index in [1.54, 1.807) is 6.07 Å². The van der Waals surface area contributed by atoms with Crippen molar-refractivity contribution in [3.63, 3.8) is 0 Å². The number of pyridine rings is 1. The van der Waals surface area contributed by atoms with Crippen LogP contribution < -0.4 is 16.4 Å². The van der Waals surface area contributed by atoms with Crippen LogP contribution in [0.25, 0.3) is 0 Å². The van der Waals surface area contributed by atoms with Crippen LogP contribution in [0.1, 0.15) is 53.2 Å². The van der Waals surface area contributed by atoms with E-state index in [0.29, 0.717) is 17.3 Å². The van der Waals surface area contributed by atoms with Crippen LogP contribution in [-0.2, 0) is 6.42 Å². The van der Waals surface area contributed by atoms with Crippen LogP contribution in [0.3, 0.4) is 0 Å². The first-order chi connectivity index (χ1) is 14.2. The molecule has 0 saturated carbocycles. The maximum absolute atomic E-state index is 11.9. The number of carbonyl (C=O) groups is 1. The molecular formula is C23H31N5O. The monoisotopic (exact) mass is 393 g/mol. The lowest BCUT2D eigenvalue weighted by molar-refractivity contribution is 0.100. The van der Waals surface area contributed by atoms with Crippen molar-refractivity contribution >= 4 is 17.4 Å². The molecule has 2 fully saturated rings. The molecule has 1 aromatic carbocycles. The molecule has 0 unspecified atom stereocenters. The Labute approximate surface area is 172 Å². The molecule has 2 saturated heterocycles. The summed E-state index contributed by atoms with van der Waals surface area (Å²) in [5.74, 6) is 0.518. The number of likely N-dealkylation sites (tertiary alicyclic amines) is 1. The predicted octanol–water partition coefficient (Wildman–Crippen LogP) is 3.03. The summed E-state index contributed by atoms with van der Waals surface area (Å²) in [6.45, 7) is 5.60. The van der Waals surface area contributed by atoms with Gasteiger partial charge in [-0.1, -0.05) is 12.1 Å². The second-order valence-electron chi connectivity index (χ2n) is 8.14. The number of hydrogen-bond donors (Lipinski definition) is 3. The van der Waals surface area contributed by atoms with Gasteiger partial charge < -0.3 is 21.3 Å². The van der Waals surface area contributed by atoms with Crippen molar-refractivity contribution < 1.29 is 4.79 Å². The van der Waals surface area contributed by atoms with E-state index in [0.717, 1.165) is 50.3 Å². The van der Waals surface area contributed by atoms with E-state index in [9.17, 15) is 4.79 Å². The smallest absolute Gasteiger partial charge is 0.252 e. The summed E-state index contributed by atoms with van der Waals surface area (Å²) in [6, 6.07) is 12.2. The Morgan fingerprint density at radius 3 is 2.52 bits per heavy atom. The quantitative estimate of drug-likeness (QED) is 0.673. The summed E-state index contributed by atoms with van der Waals surface area (Å²) in [4.78, 5) is 19.2. The molecule has 0 radical (unpaired) electrons. The SMILES string of the molecule is NC(=O)c1ccc(C2CCNCC2)nc1Nc1ccc(CCN2CCCC2)cc1. The van der Waals surface area contributed by atoms with Gasteiger partial charge in [0, 0.05) is 23.8 Å². The number of hydrogen-bond acceptors (Lipinski definition) is 5. The third-order valence-corrected chi connectivity index (χ3v) is 6.07. The molecule has 0 aliphatic carbocycles. The van der Waals surface area contributed by atoms with Gasteiger partial charge in [0.25, 0.3) is 5.91 Å². The van der Waals surface area contributed by atoms with Crippen molar-refractivity contribution in [1.29, 1.82) is 0 Å². The van der Waals surface area contributed by atoms with Crippen molar-refractivity contribution in [2.75, 3.05) is 38.0 Å².